The number of benzene rings is 2. The van der Waals surface area contributed by atoms with Gasteiger partial charge in [0, 0.05) is 30.0 Å². The molecule has 0 radical (unpaired) electrons. The highest BCUT2D eigenvalue weighted by atomic mass is 16.5. The van der Waals surface area contributed by atoms with E-state index in [2.05, 4.69) is 27.2 Å². The molecular weight excluding hydrogens is 462 g/mol. The first-order valence-corrected chi connectivity index (χ1v) is 10.8. The number of para-hydroxylation sites is 2. The van der Waals surface area contributed by atoms with Crippen molar-refractivity contribution in [1.29, 1.82) is 5.26 Å². The van der Waals surface area contributed by atoms with Gasteiger partial charge in [0.25, 0.3) is 0 Å². The van der Waals surface area contributed by atoms with Crippen LogP contribution in [-0.4, -0.2) is 42.7 Å². The van der Waals surface area contributed by atoms with E-state index in [1.807, 2.05) is 6.07 Å². The molecule has 11 nitrogen and oxygen atoms in total. The maximum atomic E-state index is 13.4. The van der Waals surface area contributed by atoms with Crippen LogP contribution in [0.15, 0.2) is 61.3 Å². The number of amides is 3. The lowest BCUT2D eigenvalue weighted by Gasteiger charge is -2.35. The number of urea groups is 1. The Morgan fingerprint density at radius 1 is 1.19 bits per heavy atom. The number of rotatable bonds is 8. The van der Waals surface area contributed by atoms with Gasteiger partial charge in [-0.25, -0.2) is 9.78 Å². The largest absolute Gasteiger partial charge is 0.497 e. The number of fused-ring (bicyclic) bond motifs is 1. The predicted octanol–water partition coefficient (Wildman–Crippen LogP) is 3.83. The highest BCUT2D eigenvalue weighted by molar-refractivity contribution is 6.06. The molecule has 0 saturated carbocycles. The third-order valence-electron chi connectivity index (χ3n) is 5.38. The number of nitrogens with one attached hydrogen (secondary N) is 2. The Hall–Kier alpha value is -5.11. The van der Waals surface area contributed by atoms with Crippen molar-refractivity contribution in [3.8, 4) is 17.6 Å². The summed E-state index contributed by atoms with van der Waals surface area (Å²) in [4.78, 5) is 36.9. The van der Waals surface area contributed by atoms with E-state index >= 15 is 0 Å². The van der Waals surface area contributed by atoms with Gasteiger partial charge in [-0.1, -0.05) is 18.7 Å². The zero-order chi connectivity index (χ0) is 25.7. The SMILES string of the molecule is C=CC(=O)Nc1ccccc1Nc1ncc2c(n1)N(CC#N)C(=O)N(c1cc(OC)cc(OC)c1)C2. The van der Waals surface area contributed by atoms with Gasteiger partial charge >= 0.3 is 6.03 Å². The highest BCUT2D eigenvalue weighted by Crippen LogP contribution is 2.35. The van der Waals surface area contributed by atoms with Gasteiger partial charge in [0.05, 0.1) is 43.9 Å². The molecular formula is C25H23N7O4. The number of nitrogens with zero attached hydrogens (tertiary/aromatic N) is 5. The van der Waals surface area contributed by atoms with Crippen molar-refractivity contribution in [1.82, 2.24) is 9.97 Å². The molecule has 0 saturated heterocycles. The second-order valence-corrected chi connectivity index (χ2v) is 7.59. The summed E-state index contributed by atoms with van der Waals surface area (Å²) in [6.07, 6.45) is 2.76. The summed E-state index contributed by atoms with van der Waals surface area (Å²) in [6.45, 7) is 3.42. The van der Waals surface area contributed by atoms with Crippen molar-refractivity contribution in [2.24, 2.45) is 0 Å². The van der Waals surface area contributed by atoms with Crippen LogP contribution < -0.4 is 29.9 Å². The molecule has 36 heavy (non-hydrogen) atoms. The molecule has 0 fully saturated rings. The number of carbonyl (C=O) groups excluding carboxylic acids is 2. The Labute approximate surface area is 207 Å². The second-order valence-electron chi connectivity index (χ2n) is 7.59. The number of aromatic nitrogens is 2. The number of nitriles is 1. The minimum atomic E-state index is -0.428. The summed E-state index contributed by atoms with van der Waals surface area (Å²) >= 11 is 0. The lowest BCUT2D eigenvalue weighted by molar-refractivity contribution is -0.111. The molecule has 4 rings (SSSR count). The molecule has 11 heteroatoms. The number of hydrogen-bond donors (Lipinski definition) is 2. The summed E-state index contributed by atoms with van der Waals surface area (Å²) in [6, 6.07) is 13.7. The van der Waals surface area contributed by atoms with Crippen LogP contribution in [0.2, 0.25) is 0 Å². The van der Waals surface area contributed by atoms with Crippen LogP contribution in [0.25, 0.3) is 0 Å². The van der Waals surface area contributed by atoms with Crippen molar-refractivity contribution in [2.75, 3.05) is 41.2 Å². The molecule has 0 aliphatic carbocycles. The Balaban J connectivity index is 1.68. The van der Waals surface area contributed by atoms with Crippen LogP contribution in [0.1, 0.15) is 5.56 Å². The van der Waals surface area contributed by atoms with Gasteiger partial charge in [-0.2, -0.15) is 10.2 Å². The molecule has 3 amide bonds. The maximum Gasteiger partial charge on any atom is 0.331 e. The van der Waals surface area contributed by atoms with E-state index < -0.39 is 6.03 Å². The van der Waals surface area contributed by atoms with E-state index in [0.29, 0.717) is 39.9 Å². The molecule has 0 unspecified atom stereocenters. The number of ether oxygens (including phenoxy) is 2. The molecule has 0 bridgehead atoms. The molecule has 2 heterocycles. The predicted molar refractivity (Wildman–Crippen MR) is 135 cm³/mol. The van der Waals surface area contributed by atoms with Crippen LogP contribution >= 0.6 is 0 Å². The van der Waals surface area contributed by atoms with Crippen molar-refractivity contribution < 1.29 is 19.1 Å². The lowest BCUT2D eigenvalue weighted by Crippen LogP contribution is -2.48. The van der Waals surface area contributed by atoms with Crippen LogP contribution in [0, 0.1) is 11.3 Å². The first-order valence-electron chi connectivity index (χ1n) is 10.8. The Kier molecular flexibility index (Phi) is 6.97. The standard InChI is InChI=1S/C25H23N7O4/c1-4-22(33)28-20-7-5-6-8-21(20)29-24-27-14-16-15-32(25(34)31(10-9-26)23(16)30-24)17-11-18(35-2)13-19(12-17)36-3/h4-8,11-14H,1,10,15H2,2-3H3,(H,28,33)(H,27,29,30). The number of methoxy groups -OCH3 is 2. The maximum absolute atomic E-state index is 13.4. The Morgan fingerprint density at radius 2 is 1.89 bits per heavy atom. The van der Waals surface area contributed by atoms with Crippen molar-refractivity contribution in [2.45, 2.75) is 6.54 Å². The Bertz CT molecular complexity index is 1350. The zero-order valence-electron chi connectivity index (χ0n) is 19.7. The van der Waals surface area contributed by atoms with Crippen molar-refractivity contribution in [3.63, 3.8) is 0 Å². The van der Waals surface area contributed by atoms with Gasteiger partial charge in [0.15, 0.2) is 0 Å². The fraction of sp³-hybridized carbons (Fsp3) is 0.160. The van der Waals surface area contributed by atoms with Gasteiger partial charge in [-0.3, -0.25) is 14.6 Å². The molecule has 1 aliphatic rings. The van der Waals surface area contributed by atoms with E-state index in [1.165, 1.54) is 30.1 Å². The fourth-order valence-electron chi connectivity index (χ4n) is 3.65. The van der Waals surface area contributed by atoms with Crippen molar-refractivity contribution >= 4 is 40.8 Å². The van der Waals surface area contributed by atoms with Gasteiger partial charge in [-0.15, -0.1) is 0 Å². The molecule has 1 aromatic heterocycles. The fourth-order valence-corrected chi connectivity index (χ4v) is 3.65. The van der Waals surface area contributed by atoms with Crippen molar-refractivity contribution in [3.05, 3.63) is 66.9 Å². The second kappa shape index (κ2) is 10.4. The summed E-state index contributed by atoms with van der Waals surface area (Å²) in [5.41, 5.74) is 2.24. The van der Waals surface area contributed by atoms with Crippen LogP contribution in [0.5, 0.6) is 11.5 Å². The quantitative estimate of drug-likeness (QED) is 0.363. The molecule has 182 valence electrons. The van der Waals surface area contributed by atoms with Gasteiger partial charge < -0.3 is 20.1 Å². The minimum Gasteiger partial charge on any atom is -0.497 e. The average molecular weight is 486 g/mol. The third kappa shape index (κ3) is 4.88. The number of anilines is 5. The molecule has 0 spiro atoms. The van der Waals surface area contributed by atoms with E-state index in [9.17, 15) is 14.9 Å². The normalized spacial score (nSPS) is 12.3. The molecule has 3 aromatic rings. The number of hydrogen-bond acceptors (Lipinski definition) is 8. The van der Waals surface area contributed by atoms with Gasteiger partial charge in [0.1, 0.15) is 23.9 Å². The number of carbonyl (C=O) groups is 2. The molecule has 2 aromatic carbocycles. The van der Waals surface area contributed by atoms with Crippen LogP contribution in [0.3, 0.4) is 0 Å². The van der Waals surface area contributed by atoms with E-state index in [-0.39, 0.29) is 24.9 Å². The minimum absolute atomic E-state index is 0.179. The summed E-state index contributed by atoms with van der Waals surface area (Å²) in [5, 5.41) is 15.2. The smallest absolute Gasteiger partial charge is 0.331 e. The zero-order valence-corrected chi connectivity index (χ0v) is 19.7. The first kappa shape index (κ1) is 24.0. The van der Waals surface area contributed by atoms with Crippen LogP contribution in [0.4, 0.5) is 33.6 Å². The van der Waals surface area contributed by atoms with Gasteiger partial charge in [-0.05, 0) is 18.2 Å². The molecule has 2 N–H and O–H groups in total. The van der Waals surface area contributed by atoms with E-state index in [1.54, 1.807) is 48.7 Å². The lowest BCUT2D eigenvalue weighted by atomic mass is 10.1. The molecule has 1 aliphatic heterocycles. The average Bonchev–Trinajstić information content (AvgIpc) is 2.90. The topological polar surface area (TPSA) is 133 Å². The van der Waals surface area contributed by atoms with Gasteiger partial charge in [0.2, 0.25) is 11.9 Å². The Morgan fingerprint density at radius 3 is 2.53 bits per heavy atom. The first-order chi connectivity index (χ1) is 17.5. The highest BCUT2D eigenvalue weighted by Gasteiger charge is 2.33. The van der Waals surface area contributed by atoms with E-state index in [0.717, 1.165) is 0 Å². The monoisotopic (exact) mass is 485 g/mol. The summed E-state index contributed by atoms with van der Waals surface area (Å²) in [5.74, 6) is 1.19. The summed E-state index contributed by atoms with van der Waals surface area (Å²) in [7, 11) is 3.05. The van der Waals surface area contributed by atoms with Crippen LogP contribution in [-0.2, 0) is 11.3 Å². The van der Waals surface area contributed by atoms with E-state index in [4.69, 9.17) is 9.47 Å². The molecule has 0 atom stereocenters. The third-order valence-corrected chi connectivity index (χ3v) is 5.38. The summed E-state index contributed by atoms with van der Waals surface area (Å²) < 4.78 is 10.7.